The number of rotatable bonds is 3. The Balaban J connectivity index is 2.83. The Kier molecular flexibility index (Phi) is 2.92. The monoisotopic (exact) mass is 269 g/mol. The second-order valence-electron chi connectivity index (χ2n) is 3.64. The van der Waals surface area contributed by atoms with Gasteiger partial charge in [0.2, 0.25) is 11.5 Å². The number of fused-ring (bicyclic) bond motifs is 1. The van der Waals surface area contributed by atoms with Crippen molar-refractivity contribution >= 4 is 28.7 Å². The van der Waals surface area contributed by atoms with Gasteiger partial charge in [-0.05, 0) is 0 Å². The number of nitro groups is 1. The van der Waals surface area contributed by atoms with Gasteiger partial charge in [0, 0.05) is 12.1 Å². The summed E-state index contributed by atoms with van der Waals surface area (Å²) in [6.07, 6.45) is 1.14. The molecule has 2 heterocycles. The van der Waals surface area contributed by atoms with Crippen molar-refractivity contribution in [3.8, 4) is 5.88 Å². The number of imidazole rings is 1. The van der Waals surface area contributed by atoms with Gasteiger partial charge in [-0.1, -0.05) is 0 Å². The second kappa shape index (κ2) is 4.26. The molecule has 0 aliphatic carbocycles. The molecule has 0 atom stereocenters. The molecule has 0 saturated carbocycles. The molecule has 0 aliphatic rings. The van der Waals surface area contributed by atoms with Crippen molar-refractivity contribution < 1.29 is 19.4 Å². The fourth-order valence-electron chi connectivity index (χ4n) is 1.72. The van der Waals surface area contributed by atoms with Crippen molar-refractivity contribution in [2.45, 2.75) is 0 Å². The van der Waals surface area contributed by atoms with Crippen molar-refractivity contribution in [3.05, 3.63) is 34.1 Å². The molecule has 0 spiro atoms. The summed E-state index contributed by atoms with van der Waals surface area (Å²) in [5.74, 6) is -1.46. The number of nitrogens with zero attached hydrogens (tertiary/aromatic N) is 3. The van der Waals surface area contributed by atoms with Gasteiger partial charge in [0.25, 0.3) is 5.65 Å². The van der Waals surface area contributed by atoms with E-state index in [9.17, 15) is 20.0 Å². The van der Waals surface area contributed by atoms with E-state index in [-0.39, 0.29) is 17.3 Å². The molecule has 0 aliphatic heterocycles. The van der Waals surface area contributed by atoms with E-state index in [2.05, 4.69) is 0 Å². The molecule has 0 amide bonds. The number of hydrogen-bond donors (Lipinski definition) is 0. The number of aryl methyl sites for hydroxylation is 1. The van der Waals surface area contributed by atoms with Crippen LogP contribution in [-0.2, 0) is 7.05 Å². The third-order valence-corrected chi connectivity index (χ3v) is 2.84. The van der Waals surface area contributed by atoms with Crippen LogP contribution in [0.25, 0.3) is 5.65 Å². The van der Waals surface area contributed by atoms with Crippen LogP contribution in [0.4, 0.5) is 5.69 Å². The zero-order valence-electron chi connectivity index (χ0n) is 9.29. The van der Waals surface area contributed by atoms with E-state index < -0.39 is 16.6 Å². The van der Waals surface area contributed by atoms with Gasteiger partial charge in [-0.3, -0.25) is 14.9 Å². The molecule has 0 bridgehead atoms. The van der Waals surface area contributed by atoms with Crippen LogP contribution < -0.4 is 9.67 Å². The largest absolute Gasteiger partial charge is 0.839 e. The number of ketones is 1. The average molecular weight is 270 g/mol. The SMILES string of the molecule is C[n+]1c([O-])c(C(=O)CCl)n2cc([N+](=O)[O-])ccc21. The molecule has 7 nitrogen and oxygen atoms in total. The van der Waals surface area contributed by atoms with E-state index in [1.807, 2.05) is 0 Å². The first-order chi connectivity index (χ1) is 8.47. The van der Waals surface area contributed by atoms with Crippen molar-refractivity contribution in [2.24, 2.45) is 7.05 Å². The molecule has 0 saturated heterocycles. The topological polar surface area (TPSA) is 91.6 Å². The lowest BCUT2D eigenvalue weighted by molar-refractivity contribution is -0.690. The van der Waals surface area contributed by atoms with Gasteiger partial charge < -0.3 is 5.11 Å². The van der Waals surface area contributed by atoms with Crippen molar-refractivity contribution in [1.82, 2.24) is 4.40 Å². The summed E-state index contributed by atoms with van der Waals surface area (Å²) in [4.78, 5) is 21.7. The third kappa shape index (κ3) is 1.68. The van der Waals surface area contributed by atoms with Crippen molar-refractivity contribution in [1.29, 1.82) is 0 Å². The van der Waals surface area contributed by atoms with Crippen molar-refractivity contribution in [2.75, 3.05) is 5.88 Å². The predicted molar refractivity (Wildman–Crippen MR) is 59.7 cm³/mol. The maximum Gasteiger partial charge on any atom is 0.308 e. The van der Waals surface area contributed by atoms with Gasteiger partial charge in [-0.15, -0.1) is 11.6 Å². The molecular formula is C10H8ClN3O4. The van der Waals surface area contributed by atoms with E-state index in [0.717, 1.165) is 6.20 Å². The molecule has 0 fully saturated rings. The Morgan fingerprint density at radius 1 is 1.56 bits per heavy atom. The molecule has 18 heavy (non-hydrogen) atoms. The lowest BCUT2D eigenvalue weighted by atomic mass is 10.3. The Bertz CT molecular complexity index is 665. The van der Waals surface area contributed by atoms with Crippen LogP contribution in [0.5, 0.6) is 5.88 Å². The Hall–Kier alpha value is -2.15. The molecule has 2 aromatic rings. The number of aromatic nitrogens is 2. The van der Waals surface area contributed by atoms with Crippen LogP contribution in [0, 0.1) is 10.1 Å². The minimum atomic E-state index is -0.598. The Labute approximate surface area is 106 Å². The number of pyridine rings is 1. The normalized spacial score (nSPS) is 10.8. The molecule has 0 unspecified atom stereocenters. The summed E-state index contributed by atoms with van der Waals surface area (Å²) in [6.45, 7) is 0. The standard InChI is InChI=1S/C10H8ClN3O4/c1-12-8-3-2-6(14(17)18)5-13(8)9(10(12)16)7(15)4-11/h2-3,5H,4H2,1H3. The van der Waals surface area contributed by atoms with Gasteiger partial charge in [0.15, 0.2) is 6.20 Å². The first-order valence-electron chi connectivity index (χ1n) is 4.92. The van der Waals surface area contributed by atoms with Crippen LogP contribution in [-0.4, -0.2) is 21.0 Å². The lowest BCUT2D eigenvalue weighted by Gasteiger charge is -1.99. The maximum absolute atomic E-state index is 11.9. The summed E-state index contributed by atoms with van der Waals surface area (Å²) in [6, 6.07) is 2.67. The molecular weight excluding hydrogens is 262 g/mol. The molecule has 94 valence electrons. The minimum absolute atomic E-state index is 0.175. The smallest absolute Gasteiger partial charge is 0.308 e. The summed E-state index contributed by atoms with van der Waals surface area (Å²) in [7, 11) is 1.48. The predicted octanol–water partition coefficient (Wildman–Crippen LogP) is 0.167. The number of hydrogen-bond acceptors (Lipinski definition) is 4. The molecule has 8 heteroatoms. The molecule has 2 rings (SSSR count). The zero-order valence-corrected chi connectivity index (χ0v) is 10.0. The first-order valence-corrected chi connectivity index (χ1v) is 5.45. The van der Waals surface area contributed by atoms with Crippen molar-refractivity contribution in [3.63, 3.8) is 0 Å². The highest BCUT2D eigenvalue weighted by Gasteiger charge is 2.24. The Morgan fingerprint density at radius 3 is 2.78 bits per heavy atom. The highest BCUT2D eigenvalue weighted by atomic mass is 35.5. The van der Waals surface area contributed by atoms with Gasteiger partial charge in [-0.2, -0.15) is 4.40 Å². The Morgan fingerprint density at radius 2 is 2.22 bits per heavy atom. The van der Waals surface area contributed by atoms with Gasteiger partial charge in [-0.25, -0.2) is 4.57 Å². The number of Topliss-reactive ketones (excluding diaryl/α,β-unsaturated/α-hetero) is 1. The number of carbonyl (C=O) groups excluding carboxylic acids is 1. The molecule has 0 N–H and O–H groups in total. The summed E-state index contributed by atoms with van der Waals surface area (Å²) in [5, 5.41) is 22.5. The average Bonchev–Trinajstić information content (AvgIpc) is 2.61. The van der Waals surface area contributed by atoms with E-state index in [4.69, 9.17) is 11.6 Å². The summed E-state index contributed by atoms with van der Waals surface area (Å²) < 4.78 is 2.44. The van der Waals surface area contributed by atoms with Gasteiger partial charge in [0.1, 0.15) is 5.88 Å². The van der Waals surface area contributed by atoms with E-state index in [0.29, 0.717) is 5.65 Å². The fourth-order valence-corrected chi connectivity index (χ4v) is 1.85. The molecule has 0 radical (unpaired) electrons. The number of carbonyl (C=O) groups is 1. The van der Waals surface area contributed by atoms with Crippen LogP contribution in [0.15, 0.2) is 18.3 Å². The summed E-state index contributed by atoms with van der Waals surface area (Å²) in [5.41, 5.74) is 0.00647. The third-order valence-electron chi connectivity index (χ3n) is 2.60. The maximum atomic E-state index is 11.9. The zero-order chi connectivity index (χ0) is 13.4. The van der Waals surface area contributed by atoms with Crippen LogP contribution >= 0.6 is 11.6 Å². The quantitative estimate of drug-likeness (QED) is 0.261. The van der Waals surface area contributed by atoms with Gasteiger partial charge >= 0.3 is 5.69 Å². The first kappa shape index (κ1) is 12.3. The number of alkyl halides is 1. The van der Waals surface area contributed by atoms with E-state index in [1.165, 1.54) is 28.1 Å². The van der Waals surface area contributed by atoms with Crippen LogP contribution in [0.2, 0.25) is 0 Å². The fraction of sp³-hybridized carbons (Fsp3) is 0.200. The summed E-state index contributed by atoms with van der Waals surface area (Å²) >= 11 is 5.43. The lowest BCUT2D eigenvalue weighted by Crippen LogP contribution is -2.31. The molecule has 2 aromatic heterocycles. The molecule has 0 aromatic carbocycles. The van der Waals surface area contributed by atoms with E-state index >= 15 is 0 Å². The van der Waals surface area contributed by atoms with Crippen LogP contribution in [0.3, 0.4) is 0 Å². The highest BCUT2D eigenvalue weighted by molar-refractivity contribution is 6.30. The van der Waals surface area contributed by atoms with Gasteiger partial charge in [0.05, 0.1) is 17.9 Å². The highest BCUT2D eigenvalue weighted by Crippen LogP contribution is 2.19. The number of halogens is 1. The minimum Gasteiger partial charge on any atom is -0.839 e. The second-order valence-corrected chi connectivity index (χ2v) is 3.91. The van der Waals surface area contributed by atoms with Crippen LogP contribution in [0.1, 0.15) is 10.5 Å². The van der Waals surface area contributed by atoms with E-state index in [1.54, 1.807) is 0 Å².